The Morgan fingerprint density at radius 3 is 2.54 bits per heavy atom. The van der Waals surface area contributed by atoms with E-state index < -0.39 is 5.79 Å². The van der Waals surface area contributed by atoms with E-state index in [0.29, 0.717) is 13.2 Å². The minimum absolute atomic E-state index is 0.118. The number of hydrazone groups is 1. The average Bonchev–Trinajstić information content (AvgIpc) is 3.12. The summed E-state index contributed by atoms with van der Waals surface area (Å²) in [4.78, 5) is 12.0. The fraction of sp³-hybridized carbons (Fsp3) is 0.400. The van der Waals surface area contributed by atoms with E-state index in [-0.39, 0.29) is 12.3 Å². The molecule has 0 bridgehead atoms. The smallest absolute Gasteiger partial charge is 0.245 e. The quantitative estimate of drug-likeness (QED) is 0.662. The predicted molar refractivity (Wildman–Crippen MR) is 101 cm³/mol. The molecule has 1 aliphatic rings. The van der Waals surface area contributed by atoms with Crippen LogP contribution in [0.4, 0.5) is 0 Å². The van der Waals surface area contributed by atoms with Crippen molar-refractivity contribution in [3.63, 3.8) is 0 Å². The lowest BCUT2D eigenvalue weighted by molar-refractivity contribution is -0.159. The second kappa shape index (κ2) is 7.43. The summed E-state index contributed by atoms with van der Waals surface area (Å²) in [6, 6.07) is 10.4. The van der Waals surface area contributed by atoms with Crippen molar-refractivity contribution in [2.45, 2.75) is 39.9 Å². The Kier molecular flexibility index (Phi) is 5.25. The van der Waals surface area contributed by atoms with Crippen LogP contribution in [0.1, 0.15) is 35.9 Å². The number of hydrogen-bond donors (Lipinski definition) is 1. The lowest BCUT2D eigenvalue weighted by Gasteiger charge is -2.20. The highest BCUT2D eigenvalue weighted by Crippen LogP contribution is 2.22. The summed E-state index contributed by atoms with van der Waals surface area (Å²) in [5.74, 6) is -1.08. The van der Waals surface area contributed by atoms with Crippen LogP contribution in [-0.2, 0) is 14.3 Å². The van der Waals surface area contributed by atoms with Crippen molar-refractivity contribution in [3.8, 4) is 5.69 Å². The number of benzene rings is 1. The standard InChI is InChI=1S/C20H25N3O3/c1-14-5-7-18(8-6-14)23-15(2)11-17(16(23)3)13-21-22-19(24)12-20(4)25-9-10-26-20/h5-8,11,13H,9-10,12H2,1-4H3,(H,22,24). The van der Waals surface area contributed by atoms with E-state index in [1.54, 1.807) is 13.1 Å². The third-order valence-electron chi connectivity index (χ3n) is 4.54. The maximum atomic E-state index is 12.0. The van der Waals surface area contributed by atoms with Crippen LogP contribution in [0.15, 0.2) is 35.4 Å². The SMILES string of the molecule is Cc1ccc(-n2c(C)cc(C=NNC(=O)CC3(C)OCCO3)c2C)cc1. The van der Waals surface area contributed by atoms with Gasteiger partial charge in [0.2, 0.25) is 5.91 Å². The third kappa shape index (κ3) is 4.03. The molecule has 6 nitrogen and oxygen atoms in total. The van der Waals surface area contributed by atoms with Gasteiger partial charge in [-0.05, 0) is 45.9 Å². The fourth-order valence-corrected chi connectivity index (χ4v) is 3.17. The molecule has 1 aliphatic heterocycles. The first-order valence-electron chi connectivity index (χ1n) is 8.74. The lowest BCUT2D eigenvalue weighted by Crippen LogP contribution is -2.33. The number of nitrogens with one attached hydrogen (secondary N) is 1. The van der Waals surface area contributed by atoms with Crippen molar-refractivity contribution in [3.05, 3.63) is 52.8 Å². The van der Waals surface area contributed by atoms with Gasteiger partial charge in [0.25, 0.3) is 0 Å². The van der Waals surface area contributed by atoms with E-state index >= 15 is 0 Å². The molecule has 0 saturated carbocycles. The highest BCUT2D eigenvalue weighted by Gasteiger charge is 2.33. The topological polar surface area (TPSA) is 64.9 Å². The molecule has 0 unspecified atom stereocenters. The minimum atomic E-state index is -0.846. The molecule has 2 aromatic rings. The first kappa shape index (κ1) is 18.4. The van der Waals surface area contributed by atoms with Crippen LogP contribution in [0, 0.1) is 20.8 Å². The molecule has 1 aromatic heterocycles. The van der Waals surface area contributed by atoms with Crippen LogP contribution in [0.3, 0.4) is 0 Å². The summed E-state index contributed by atoms with van der Waals surface area (Å²) in [7, 11) is 0. The molecule has 0 aliphatic carbocycles. The van der Waals surface area contributed by atoms with Crippen LogP contribution in [-0.4, -0.2) is 35.7 Å². The van der Waals surface area contributed by atoms with Gasteiger partial charge >= 0.3 is 0 Å². The molecule has 3 rings (SSSR count). The van der Waals surface area contributed by atoms with Crippen molar-refractivity contribution in [2.75, 3.05) is 13.2 Å². The molecule has 1 saturated heterocycles. The molecule has 1 fully saturated rings. The Bertz CT molecular complexity index is 816. The largest absolute Gasteiger partial charge is 0.347 e. The van der Waals surface area contributed by atoms with Gasteiger partial charge in [-0.3, -0.25) is 4.79 Å². The molecule has 1 N–H and O–H groups in total. The first-order chi connectivity index (χ1) is 12.4. The van der Waals surface area contributed by atoms with Crippen LogP contribution in [0.25, 0.3) is 5.69 Å². The summed E-state index contributed by atoms with van der Waals surface area (Å²) < 4.78 is 13.0. The Balaban J connectivity index is 1.68. The van der Waals surface area contributed by atoms with Gasteiger partial charge in [-0.25, -0.2) is 5.43 Å². The number of hydrogen-bond acceptors (Lipinski definition) is 4. The molecular weight excluding hydrogens is 330 g/mol. The van der Waals surface area contributed by atoms with Crippen LogP contribution >= 0.6 is 0 Å². The highest BCUT2D eigenvalue weighted by atomic mass is 16.7. The molecule has 0 atom stereocenters. The van der Waals surface area contributed by atoms with Gasteiger partial charge in [-0.15, -0.1) is 0 Å². The van der Waals surface area contributed by atoms with E-state index in [1.807, 2.05) is 6.92 Å². The second-order valence-electron chi connectivity index (χ2n) is 6.80. The fourth-order valence-electron chi connectivity index (χ4n) is 3.17. The molecule has 26 heavy (non-hydrogen) atoms. The Morgan fingerprint density at radius 2 is 1.88 bits per heavy atom. The van der Waals surface area contributed by atoms with Crippen molar-refractivity contribution in [2.24, 2.45) is 5.10 Å². The van der Waals surface area contributed by atoms with Gasteiger partial charge in [0.05, 0.1) is 25.8 Å². The predicted octanol–water partition coefficient (Wildman–Crippen LogP) is 3.01. The van der Waals surface area contributed by atoms with E-state index in [9.17, 15) is 4.79 Å². The molecule has 138 valence electrons. The summed E-state index contributed by atoms with van der Waals surface area (Å²) >= 11 is 0. The van der Waals surface area contributed by atoms with Crippen molar-refractivity contribution < 1.29 is 14.3 Å². The zero-order chi connectivity index (χ0) is 18.7. The monoisotopic (exact) mass is 355 g/mol. The molecule has 1 aromatic carbocycles. The number of carbonyl (C=O) groups is 1. The zero-order valence-corrected chi connectivity index (χ0v) is 15.7. The third-order valence-corrected chi connectivity index (χ3v) is 4.54. The van der Waals surface area contributed by atoms with E-state index in [2.05, 4.69) is 59.3 Å². The molecule has 2 heterocycles. The average molecular weight is 355 g/mol. The maximum absolute atomic E-state index is 12.0. The van der Waals surface area contributed by atoms with Crippen molar-refractivity contribution in [1.82, 2.24) is 9.99 Å². The number of nitrogens with zero attached hydrogens (tertiary/aromatic N) is 2. The van der Waals surface area contributed by atoms with Crippen LogP contribution < -0.4 is 5.43 Å². The second-order valence-corrected chi connectivity index (χ2v) is 6.80. The molecular formula is C20H25N3O3. The van der Waals surface area contributed by atoms with Gasteiger partial charge in [0, 0.05) is 22.6 Å². The summed E-state index contributed by atoms with van der Waals surface area (Å²) in [6.07, 6.45) is 1.79. The number of aryl methyl sites for hydroxylation is 2. The van der Waals surface area contributed by atoms with Gasteiger partial charge < -0.3 is 14.0 Å². The number of ether oxygens (including phenoxy) is 2. The Labute approximate surface area is 153 Å². The molecule has 0 spiro atoms. The van der Waals surface area contributed by atoms with Crippen LogP contribution in [0.5, 0.6) is 0 Å². The minimum Gasteiger partial charge on any atom is -0.347 e. The van der Waals surface area contributed by atoms with Crippen LogP contribution in [0.2, 0.25) is 0 Å². The zero-order valence-electron chi connectivity index (χ0n) is 15.7. The molecule has 0 radical (unpaired) electrons. The molecule has 6 heteroatoms. The lowest BCUT2D eigenvalue weighted by atomic mass is 10.2. The first-order valence-corrected chi connectivity index (χ1v) is 8.74. The van der Waals surface area contributed by atoms with E-state index in [4.69, 9.17) is 9.47 Å². The Hall–Kier alpha value is -2.44. The van der Waals surface area contributed by atoms with Crippen molar-refractivity contribution >= 4 is 12.1 Å². The molecule has 1 amide bonds. The van der Waals surface area contributed by atoms with E-state index in [0.717, 1.165) is 22.6 Å². The number of rotatable bonds is 5. The van der Waals surface area contributed by atoms with Gasteiger partial charge in [0.15, 0.2) is 5.79 Å². The van der Waals surface area contributed by atoms with Gasteiger partial charge in [-0.1, -0.05) is 17.7 Å². The summed E-state index contributed by atoms with van der Waals surface area (Å²) in [6.45, 7) is 8.95. The summed E-state index contributed by atoms with van der Waals surface area (Å²) in [5.41, 5.74) is 8.02. The maximum Gasteiger partial charge on any atom is 0.245 e. The number of amides is 1. The summed E-state index contributed by atoms with van der Waals surface area (Å²) in [5, 5.41) is 4.09. The van der Waals surface area contributed by atoms with Gasteiger partial charge in [0.1, 0.15) is 0 Å². The Morgan fingerprint density at radius 1 is 1.23 bits per heavy atom. The number of carbonyl (C=O) groups excluding carboxylic acids is 1. The normalized spacial score (nSPS) is 16.3. The van der Waals surface area contributed by atoms with Crippen molar-refractivity contribution in [1.29, 1.82) is 0 Å². The highest BCUT2D eigenvalue weighted by molar-refractivity contribution is 5.84. The van der Waals surface area contributed by atoms with E-state index in [1.165, 1.54) is 5.56 Å². The number of aromatic nitrogens is 1. The van der Waals surface area contributed by atoms with Gasteiger partial charge in [-0.2, -0.15) is 5.10 Å².